The predicted octanol–water partition coefficient (Wildman–Crippen LogP) is -0.527. The minimum atomic E-state index is -0.231. The molecular weight excluding hydrogens is 234 g/mol. The second-order valence-corrected chi connectivity index (χ2v) is 3.96. The van der Waals surface area contributed by atoms with Gasteiger partial charge in [-0.05, 0) is 13.8 Å². The molecule has 0 saturated heterocycles. The number of hydrogen-bond acceptors (Lipinski definition) is 6. The molecule has 4 N–H and O–H groups in total. The Balaban J connectivity index is 2.24. The van der Waals surface area contributed by atoms with Gasteiger partial charge in [0.1, 0.15) is 6.54 Å². The SMILES string of the molecule is Cc1nn(C(=O)Cn2ncc(N)n2)c(C)c1CN. The van der Waals surface area contributed by atoms with Crippen molar-refractivity contribution in [1.29, 1.82) is 0 Å². The Morgan fingerprint density at radius 1 is 1.39 bits per heavy atom. The fourth-order valence-electron chi connectivity index (χ4n) is 1.79. The van der Waals surface area contributed by atoms with E-state index in [0.29, 0.717) is 6.54 Å². The van der Waals surface area contributed by atoms with Crippen LogP contribution in [0.4, 0.5) is 5.82 Å². The Bertz CT molecular complexity index is 583. The monoisotopic (exact) mass is 249 g/mol. The molecule has 8 heteroatoms. The van der Waals surface area contributed by atoms with E-state index < -0.39 is 0 Å². The predicted molar refractivity (Wildman–Crippen MR) is 64.7 cm³/mol. The first-order valence-electron chi connectivity index (χ1n) is 5.47. The van der Waals surface area contributed by atoms with Gasteiger partial charge in [-0.3, -0.25) is 4.79 Å². The van der Waals surface area contributed by atoms with E-state index >= 15 is 0 Å². The van der Waals surface area contributed by atoms with Crippen molar-refractivity contribution in [3.63, 3.8) is 0 Å². The highest BCUT2D eigenvalue weighted by Crippen LogP contribution is 2.12. The standard InChI is InChI=1S/C10H15N7O/c1-6-8(3-11)7(2)17(14-6)10(18)5-16-13-4-9(12)15-16/h4H,3,5,11H2,1-2H3,(H2,12,15). The molecule has 0 bridgehead atoms. The Kier molecular flexibility index (Phi) is 3.11. The van der Waals surface area contributed by atoms with E-state index in [-0.39, 0.29) is 18.3 Å². The molecule has 0 spiro atoms. The van der Waals surface area contributed by atoms with Crippen LogP contribution in [0.15, 0.2) is 6.20 Å². The highest BCUT2D eigenvalue weighted by Gasteiger charge is 2.16. The van der Waals surface area contributed by atoms with E-state index in [1.54, 1.807) is 0 Å². The third kappa shape index (κ3) is 2.09. The number of anilines is 1. The summed E-state index contributed by atoms with van der Waals surface area (Å²) in [5.74, 6) is 0.0460. The van der Waals surface area contributed by atoms with Gasteiger partial charge in [-0.25, -0.2) is 4.68 Å². The van der Waals surface area contributed by atoms with Gasteiger partial charge in [-0.2, -0.15) is 15.0 Å². The van der Waals surface area contributed by atoms with E-state index in [2.05, 4.69) is 15.3 Å². The Morgan fingerprint density at radius 2 is 2.11 bits per heavy atom. The second-order valence-electron chi connectivity index (χ2n) is 3.96. The Morgan fingerprint density at radius 3 is 2.61 bits per heavy atom. The summed E-state index contributed by atoms with van der Waals surface area (Å²) in [6.45, 7) is 3.98. The summed E-state index contributed by atoms with van der Waals surface area (Å²) >= 11 is 0. The van der Waals surface area contributed by atoms with Crippen LogP contribution in [0.1, 0.15) is 21.7 Å². The van der Waals surface area contributed by atoms with Crippen molar-refractivity contribution in [3.05, 3.63) is 23.1 Å². The van der Waals surface area contributed by atoms with Crippen LogP contribution < -0.4 is 11.5 Å². The van der Waals surface area contributed by atoms with Gasteiger partial charge in [0.25, 0.3) is 5.91 Å². The lowest BCUT2D eigenvalue weighted by Crippen LogP contribution is -2.22. The lowest BCUT2D eigenvalue weighted by atomic mass is 10.2. The number of hydrogen-bond donors (Lipinski definition) is 2. The Hall–Kier alpha value is -2.22. The van der Waals surface area contributed by atoms with Crippen molar-refractivity contribution in [2.45, 2.75) is 26.9 Å². The fraction of sp³-hybridized carbons (Fsp3) is 0.400. The number of nitrogens with two attached hydrogens (primary N) is 2. The highest BCUT2D eigenvalue weighted by molar-refractivity contribution is 5.78. The number of carbonyl (C=O) groups is 1. The molecule has 18 heavy (non-hydrogen) atoms. The minimum Gasteiger partial charge on any atom is -0.381 e. The van der Waals surface area contributed by atoms with E-state index in [1.807, 2.05) is 13.8 Å². The van der Waals surface area contributed by atoms with Crippen LogP contribution in [0.5, 0.6) is 0 Å². The van der Waals surface area contributed by atoms with E-state index in [0.717, 1.165) is 17.0 Å². The van der Waals surface area contributed by atoms with Gasteiger partial charge in [-0.15, -0.1) is 5.10 Å². The Labute approximate surface area is 104 Å². The zero-order valence-electron chi connectivity index (χ0n) is 10.3. The molecule has 0 amide bonds. The number of rotatable bonds is 3. The largest absolute Gasteiger partial charge is 0.381 e. The van der Waals surface area contributed by atoms with Crippen LogP contribution >= 0.6 is 0 Å². The van der Waals surface area contributed by atoms with Gasteiger partial charge in [0.2, 0.25) is 0 Å². The summed E-state index contributed by atoms with van der Waals surface area (Å²) < 4.78 is 1.33. The zero-order chi connectivity index (χ0) is 13.3. The fourth-order valence-corrected chi connectivity index (χ4v) is 1.79. The molecule has 0 aliphatic rings. The summed E-state index contributed by atoms with van der Waals surface area (Å²) in [6.07, 6.45) is 1.39. The third-order valence-electron chi connectivity index (χ3n) is 2.71. The molecule has 0 atom stereocenters. The van der Waals surface area contributed by atoms with Gasteiger partial charge in [-0.1, -0.05) is 0 Å². The zero-order valence-corrected chi connectivity index (χ0v) is 10.3. The van der Waals surface area contributed by atoms with Crippen molar-refractivity contribution in [2.75, 3.05) is 5.73 Å². The number of carbonyl (C=O) groups excluding carboxylic acids is 1. The van der Waals surface area contributed by atoms with Crippen LogP contribution in [0.2, 0.25) is 0 Å². The van der Waals surface area contributed by atoms with Gasteiger partial charge in [0, 0.05) is 17.8 Å². The van der Waals surface area contributed by atoms with Crippen LogP contribution in [0.3, 0.4) is 0 Å². The molecular formula is C10H15N7O. The van der Waals surface area contributed by atoms with Crippen LogP contribution in [-0.4, -0.2) is 30.7 Å². The maximum absolute atomic E-state index is 12.0. The third-order valence-corrected chi connectivity index (χ3v) is 2.71. The van der Waals surface area contributed by atoms with Crippen molar-refractivity contribution >= 4 is 11.7 Å². The molecule has 0 unspecified atom stereocenters. The van der Waals surface area contributed by atoms with Crippen molar-refractivity contribution in [1.82, 2.24) is 24.8 Å². The van der Waals surface area contributed by atoms with E-state index in [9.17, 15) is 4.79 Å². The first-order valence-corrected chi connectivity index (χ1v) is 5.47. The number of aryl methyl sites for hydroxylation is 1. The minimum absolute atomic E-state index is 0.0107. The average Bonchev–Trinajstić information content (AvgIpc) is 2.83. The van der Waals surface area contributed by atoms with E-state index in [4.69, 9.17) is 11.5 Å². The molecule has 0 saturated carbocycles. The van der Waals surface area contributed by atoms with Gasteiger partial charge >= 0.3 is 0 Å². The molecule has 0 aliphatic carbocycles. The summed E-state index contributed by atoms with van der Waals surface area (Å²) in [7, 11) is 0. The van der Waals surface area contributed by atoms with Crippen molar-refractivity contribution in [2.24, 2.45) is 5.73 Å². The smallest absolute Gasteiger partial charge is 0.270 e. The number of aromatic nitrogens is 5. The molecule has 2 rings (SSSR count). The summed E-state index contributed by atoms with van der Waals surface area (Å²) in [5.41, 5.74) is 13.4. The van der Waals surface area contributed by atoms with Gasteiger partial charge < -0.3 is 11.5 Å². The quantitative estimate of drug-likeness (QED) is 0.755. The summed E-state index contributed by atoms with van der Waals surface area (Å²) in [5, 5.41) is 11.9. The second kappa shape index (κ2) is 4.57. The normalized spacial score (nSPS) is 10.8. The number of nitrogens with zero attached hydrogens (tertiary/aromatic N) is 5. The summed E-state index contributed by atoms with van der Waals surface area (Å²) in [4.78, 5) is 13.3. The van der Waals surface area contributed by atoms with Gasteiger partial charge in [0.15, 0.2) is 5.82 Å². The maximum Gasteiger partial charge on any atom is 0.270 e. The van der Waals surface area contributed by atoms with Crippen molar-refractivity contribution < 1.29 is 4.79 Å². The lowest BCUT2D eigenvalue weighted by molar-refractivity contribution is 0.0861. The molecule has 0 radical (unpaired) electrons. The lowest BCUT2D eigenvalue weighted by Gasteiger charge is -2.03. The molecule has 2 heterocycles. The highest BCUT2D eigenvalue weighted by atomic mass is 16.2. The molecule has 0 aromatic carbocycles. The molecule has 0 fully saturated rings. The average molecular weight is 249 g/mol. The number of nitrogen functional groups attached to an aromatic ring is 1. The van der Waals surface area contributed by atoms with E-state index in [1.165, 1.54) is 15.7 Å². The molecule has 96 valence electrons. The first kappa shape index (κ1) is 12.2. The molecule has 0 aliphatic heterocycles. The van der Waals surface area contributed by atoms with Crippen molar-refractivity contribution in [3.8, 4) is 0 Å². The summed E-state index contributed by atoms with van der Waals surface area (Å²) in [6, 6.07) is 0. The molecule has 2 aromatic rings. The molecule has 2 aromatic heterocycles. The van der Waals surface area contributed by atoms with Crippen LogP contribution in [-0.2, 0) is 13.1 Å². The van der Waals surface area contributed by atoms with Gasteiger partial charge in [0.05, 0.1) is 11.9 Å². The topological polar surface area (TPSA) is 118 Å². The maximum atomic E-state index is 12.0. The first-order chi connectivity index (χ1) is 8.52. The van der Waals surface area contributed by atoms with Crippen LogP contribution in [0.25, 0.3) is 0 Å². The van der Waals surface area contributed by atoms with Crippen LogP contribution in [0, 0.1) is 13.8 Å². The molecule has 8 nitrogen and oxygen atoms in total.